The molecular weight excluding hydrogens is 227 g/mol. The molecule has 1 aromatic rings. The molecule has 2 unspecified atom stereocenters. The normalized spacial score (nSPS) is 25.4. The molecule has 1 aliphatic carbocycles. The van der Waals surface area contributed by atoms with Gasteiger partial charge in [-0.3, -0.25) is 0 Å². The molecule has 0 aromatic heterocycles. The highest BCUT2D eigenvalue weighted by molar-refractivity contribution is 6.21. The predicted molar refractivity (Wildman–Crippen MR) is 63.8 cm³/mol. The fourth-order valence-electron chi connectivity index (χ4n) is 2.43. The molecule has 1 fully saturated rings. The van der Waals surface area contributed by atoms with E-state index in [9.17, 15) is 4.39 Å². The van der Waals surface area contributed by atoms with Crippen LogP contribution in [-0.2, 0) is 0 Å². The van der Waals surface area contributed by atoms with Crippen molar-refractivity contribution < 1.29 is 9.13 Å². The van der Waals surface area contributed by atoms with Crippen molar-refractivity contribution in [2.75, 3.05) is 7.11 Å². The second-order valence-corrected chi connectivity index (χ2v) is 4.85. The van der Waals surface area contributed by atoms with Gasteiger partial charge < -0.3 is 4.74 Å². The fraction of sp³-hybridized carbons (Fsp3) is 0.538. The SMILES string of the molecule is COc1ccc(F)cc1C1CCCCC1Cl. The van der Waals surface area contributed by atoms with Gasteiger partial charge in [-0.2, -0.15) is 0 Å². The van der Waals surface area contributed by atoms with Crippen molar-refractivity contribution in [1.29, 1.82) is 0 Å². The largest absolute Gasteiger partial charge is 0.496 e. The third kappa shape index (κ3) is 2.32. The molecular formula is C13H16ClFO. The summed E-state index contributed by atoms with van der Waals surface area (Å²) in [7, 11) is 1.61. The molecule has 0 N–H and O–H groups in total. The van der Waals surface area contributed by atoms with Gasteiger partial charge in [0.25, 0.3) is 0 Å². The highest BCUT2D eigenvalue weighted by Crippen LogP contribution is 2.40. The average molecular weight is 243 g/mol. The van der Waals surface area contributed by atoms with Crippen molar-refractivity contribution in [2.24, 2.45) is 0 Å². The van der Waals surface area contributed by atoms with Crippen molar-refractivity contribution in [3.05, 3.63) is 29.6 Å². The van der Waals surface area contributed by atoms with Crippen LogP contribution in [0.25, 0.3) is 0 Å². The van der Waals surface area contributed by atoms with E-state index in [4.69, 9.17) is 16.3 Å². The number of benzene rings is 1. The van der Waals surface area contributed by atoms with Crippen LogP contribution in [-0.4, -0.2) is 12.5 Å². The second-order valence-electron chi connectivity index (χ2n) is 4.29. The van der Waals surface area contributed by atoms with Gasteiger partial charge in [-0.05, 0) is 31.0 Å². The van der Waals surface area contributed by atoms with E-state index < -0.39 is 0 Å². The second kappa shape index (κ2) is 5.05. The van der Waals surface area contributed by atoms with Gasteiger partial charge in [0.1, 0.15) is 11.6 Å². The number of hydrogen-bond donors (Lipinski definition) is 0. The lowest BCUT2D eigenvalue weighted by molar-refractivity contribution is 0.387. The summed E-state index contributed by atoms with van der Waals surface area (Å²) in [6.45, 7) is 0. The minimum Gasteiger partial charge on any atom is -0.496 e. The van der Waals surface area contributed by atoms with E-state index >= 15 is 0 Å². The summed E-state index contributed by atoms with van der Waals surface area (Å²) in [4.78, 5) is 0. The number of methoxy groups -OCH3 is 1. The van der Waals surface area contributed by atoms with Crippen LogP contribution in [0.3, 0.4) is 0 Å². The summed E-state index contributed by atoms with van der Waals surface area (Å²) in [6, 6.07) is 4.67. The lowest BCUT2D eigenvalue weighted by Crippen LogP contribution is -2.18. The first-order chi connectivity index (χ1) is 7.72. The fourth-order valence-corrected chi connectivity index (χ4v) is 2.85. The number of rotatable bonds is 2. The topological polar surface area (TPSA) is 9.23 Å². The monoisotopic (exact) mass is 242 g/mol. The van der Waals surface area contributed by atoms with Gasteiger partial charge in [-0.1, -0.05) is 12.8 Å². The van der Waals surface area contributed by atoms with E-state index in [-0.39, 0.29) is 17.1 Å². The maximum atomic E-state index is 13.3. The molecule has 0 spiro atoms. The van der Waals surface area contributed by atoms with E-state index in [1.54, 1.807) is 19.2 Å². The molecule has 0 saturated heterocycles. The molecule has 2 rings (SSSR count). The lowest BCUT2D eigenvalue weighted by atomic mass is 9.83. The van der Waals surface area contributed by atoms with Crippen LogP contribution in [0.5, 0.6) is 5.75 Å². The first-order valence-electron chi connectivity index (χ1n) is 5.70. The zero-order chi connectivity index (χ0) is 11.5. The summed E-state index contributed by atoms with van der Waals surface area (Å²) in [6.07, 6.45) is 4.36. The van der Waals surface area contributed by atoms with Gasteiger partial charge in [0, 0.05) is 16.9 Å². The Labute approximate surface area is 101 Å². The summed E-state index contributed by atoms with van der Waals surface area (Å²) in [5.41, 5.74) is 0.919. The molecule has 2 atom stereocenters. The van der Waals surface area contributed by atoms with Gasteiger partial charge in [0.2, 0.25) is 0 Å². The van der Waals surface area contributed by atoms with Gasteiger partial charge in [-0.15, -0.1) is 11.6 Å². The molecule has 3 heteroatoms. The van der Waals surface area contributed by atoms with Gasteiger partial charge in [0.05, 0.1) is 7.11 Å². The number of halogens is 2. The van der Waals surface area contributed by atoms with E-state index in [0.29, 0.717) is 0 Å². The van der Waals surface area contributed by atoms with Crippen molar-refractivity contribution in [2.45, 2.75) is 37.0 Å². The Morgan fingerprint density at radius 3 is 2.75 bits per heavy atom. The van der Waals surface area contributed by atoms with Gasteiger partial charge >= 0.3 is 0 Å². The summed E-state index contributed by atoms with van der Waals surface area (Å²) >= 11 is 6.32. The quantitative estimate of drug-likeness (QED) is 0.710. The number of hydrogen-bond acceptors (Lipinski definition) is 1. The highest BCUT2D eigenvalue weighted by Gasteiger charge is 2.27. The average Bonchev–Trinajstić information content (AvgIpc) is 2.29. The number of ether oxygens (including phenoxy) is 1. The molecule has 0 aliphatic heterocycles. The Hall–Kier alpha value is -0.760. The van der Waals surface area contributed by atoms with Crippen molar-refractivity contribution in [3.63, 3.8) is 0 Å². The first-order valence-corrected chi connectivity index (χ1v) is 6.13. The molecule has 1 saturated carbocycles. The molecule has 16 heavy (non-hydrogen) atoms. The van der Waals surface area contributed by atoms with Gasteiger partial charge in [-0.25, -0.2) is 4.39 Å². The zero-order valence-electron chi connectivity index (χ0n) is 9.38. The van der Waals surface area contributed by atoms with Crippen LogP contribution in [0, 0.1) is 5.82 Å². The molecule has 88 valence electrons. The van der Waals surface area contributed by atoms with E-state index in [1.807, 2.05) is 0 Å². The Morgan fingerprint density at radius 1 is 1.31 bits per heavy atom. The molecule has 1 aromatic carbocycles. The summed E-state index contributed by atoms with van der Waals surface area (Å²) in [5.74, 6) is 0.755. The minimum absolute atomic E-state index is 0.101. The van der Waals surface area contributed by atoms with E-state index in [1.165, 1.54) is 12.5 Å². The number of alkyl halides is 1. The zero-order valence-corrected chi connectivity index (χ0v) is 10.1. The standard InChI is InChI=1S/C13H16ClFO/c1-16-13-7-6-9(15)8-11(13)10-4-2-3-5-12(10)14/h6-8,10,12H,2-5H2,1H3. The molecule has 0 amide bonds. The Kier molecular flexibility index (Phi) is 3.70. The van der Waals surface area contributed by atoms with Crippen LogP contribution in [0.15, 0.2) is 18.2 Å². The maximum absolute atomic E-state index is 13.3. The van der Waals surface area contributed by atoms with Crippen molar-refractivity contribution in [1.82, 2.24) is 0 Å². The van der Waals surface area contributed by atoms with Crippen molar-refractivity contribution >= 4 is 11.6 Å². The highest BCUT2D eigenvalue weighted by atomic mass is 35.5. The molecule has 1 aliphatic rings. The molecule has 0 bridgehead atoms. The third-order valence-electron chi connectivity index (χ3n) is 3.27. The van der Waals surface area contributed by atoms with Gasteiger partial charge in [0.15, 0.2) is 0 Å². The summed E-state index contributed by atoms with van der Waals surface area (Å²) < 4.78 is 18.5. The smallest absolute Gasteiger partial charge is 0.123 e. The Morgan fingerprint density at radius 2 is 2.06 bits per heavy atom. The molecule has 1 nitrogen and oxygen atoms in total. The molecule has 0 radical (unpaired) electrons. The predicted octanol–water partition coefficient (Wildman–Crippen LogP) is 4.10. The van der Waals surface area contributed by atoms with Crippen LogP contribution >= 0.6 is 11.6 Å². The third-order valence-corrected chi connectivity index (χ3v) is 3.80. The molecule has 0 heterocycles. The van der Waals surface area contributed by atoms with Crippen LogP contribution < -0.4 is 4.74 Å². The lowest BCUT2D eigenvalue weighted by Gasteiger charge is -2.28. The van der Waals surface area contributed by atoms with E-state index in [0.717, 1.165) is 30.6 Å². The summed E-state index contributed by atoms with van der Waals surface area (Å²) in [5, 5.41) is 0.101. The first kappa shape index (κ1) is 11.7. The Balaban J connectivity index is 2.33. The van der Waals surface area contributed by atoms with Crippen LogP contribution in [0.2, 0.25) is 0 Å². The Bertz CT molecular complexity index is 367. The van der Waals surface area contributed by atoms with Crippen LogP contribution in [0.1, 0.15) is 37.2 Å². The minimum atomic E-state index is -0.217. The van der Waals surface area contributed by atoms with Crippen LogP contribution in [0.4, 0.5) is 4.39 Å². The van der Waals surface area contributed by atoms with E-state index in [2.05, 4.69) is 0 Å². The maximum Gasteiger partial charge on any atom is 0.123 e. The van der Waals surface area contributed by atoms with Crippen molar-refractivity contribution in [3.8, 4) is 5.75 Å².